The van der Waals surface area contributed by atoms with Gasteiger partial charge in [0, 0.05) is 0 Å². The average Bonchev–Trinajstić information content (AvgIpc) is 1.98. The zero-order valence-electron chi connectivity index (χ0n) is 4.79. The molecule has 0 aromatic rings. The average molecular weight is 130 g/mol. The molecule has 1 aliphatic heterocycles. The molecule has 0 spiro atoms. The van der Waals surface area contributed by atoms with Crippen LogP contribution in [0.1, 0.15) is 6.92 Å². The highest BCUT2D eigenvalue weighted by Gasteiger charge is 2.33. The summed E-state index contributed by atoms with van der Waals surface area (Å²) < 4.78 is 0. The molecule has 0 radical (unpaired) electrons. The summed E-state index contributed by atoms with van der Waals surface area (Å²) in [5.74, 6) is -0.470. The summed E-state index contributed by atoms with van der Waals surface area (Å²) in [5, 5.41) is 10.9. The molecule has 1 unspecified atom stereocenters. The lowest BCUT2D eigenvalue weighted by Crippen LogP contribution is -2.28. The predicted octanol–water partition coefficient (Wildman–Crippen LogP) is -0.684. The van der Waals surface area contributed by atoms with Crippen LogP contribution < -0.4 is 5.32 Å². The molecule has 1 rings (SSSR count). The molecule has 0 aromatic carbocycles. The fourth-order valence-corrected chi connectivity index (χ4v) is 0.554. The van der Waals surface area contributed by atoms with E-state index in [1.165, 1.54) is 6.92 Å². The Hall–Kier alpha value is -1.10. The Balaban J connectivity index is 2.77. The highest BCUT2D eigenvalue weighted by atomic mass is 16.5. The number of hydroxylamine groups is 2. The number of nitrogens with one attached hydrogen (secondary N) is 1. The van der Waals surface area contributed by atoms with Crippen LogP contribution in [0.25, 0.3) is 0 Å². The molecule has 0 bridgehead atoms. The highest BCUT2D eigenvalue weighted by molar-refractivity contribution is 6.03. The highest BCUT2D eigenvalue weighted by Crippen LogP contribution is 2.02. The third-order valence-electron chi connectivity index (χ3n) is 1.18. The van der Waals surface area contributed by atoms with E-state index in [-0.39, 0.29) is 0 Å². The van der Waals surface area contributed by atoms with Crippen molar-refractivity contribution in [3.05, 3.63) is 0 Å². The lowest BCUT2D eigenvalue weighted by Gasteiger charge is -2.06. The molecule has 5 nitrogen and oxygen atoms in total. The smallest absolute Gasteiger partial charge is 0.284 e. The van der Waals surface area contributed by atoms with Crippen molar-refractivity contribution in [3.8, 4) is 0 Å². The van der Waals surface area contributed by atoms with Crippen LogP contribution in [-0.2, 0) is 4.79 Å². The van der Waals surface area contributed by atoms with Crippen molar-refractivity contribution in [2.45, 2.75) is 13.0 Å². The normalized spacial score (nSPS) is 26.9. The molecule has 0 saturated carbocycles. The molecule has 1 fully saturated rings. The molecule has 3 amide bonds. The van der Waals surface area contributed by atoms with Crippen molar-refractivity contribution >= 4 is 11.9 Å². The summed E-state index contributed by atoms with van der Waals surface area (Å²) in [5.41, 5.74) is 0. The maximum Gasteiger partial charge on any atom is 0.348 e. The quantitative estimate of drug-likeness (QED) is 0.337. The number of imide groups is 1. The largest absolute Gasteiger partial charge is 0.348 e. The molecule has 0 aromatic heterocycles. The third-order valence-corrected chi connectivity index (χ3v) is 1.18. The van der Waals surface area contributed by atoms with E-state index in [0.717, 1.165) is 0 Å². The van der Waals surface area contributed by atoms with Gasteiger partial charge in [0.05, 0.1) is 0 Å². The number of hydrogen-bond acceptors (Lipinski definition) is 3. The van der Waals surface area contributed by atoms with Gasteiger partial charge in [-0.3, -0.25) is 15.3 Å². The van der Waals surface area contributed by atoms with Crippen molar-refractivity contribution < 1.29 is 14.8 Å². The van der Waals surface area contributed by atoms with Gasteiger partial charge < -0.3 is 0 Å². The van der Waals surface area contributed by atoms with Gasteiger partial charge in [-0.25, -0.2) is 4.79 Å². The van der Waals surface area contributed by atoms with Gasteiger partial charge in [0.15, 0.2) is 0 Å². The van der Waals surface area contributed by atoms with Gasteiger partial charge >= 0.3 is 6.03 Å². The van der Waals surface area contributed by atoms with Gasteiger partial charge in [-0.05, 0) is 6.92 Å². The number of nitrogens with zero attached hydrogens (tertiary/aromatic N) is 1. The Labute approximate surface area is 51.2 Å². The van der Waals surface area contributed by atoms with E-state index >= 15 is 0 Å². The lowest BCUT2D eigenvalue weighted by molar-refractivity contribution is -0.128. The third kappa shape index (κ3) is 0.746. The first-order chi connectivity index (χ1) is 4.13. The maximum atomic E-state index is 10.5. The van der Waals surface area contributed by atoms with Crippen molar-refractivity contribution in [2.75, 3.05) is 0 Å². The van der Waals surface area contributed by atoms with Gasteiger partial charge in [-0.15, -0.1) is 0 Å². The summed E-state index contributed by atoms with van der Waals surface area (Å²) in [7, 11) is 0. The van der Waals surface area contributed by atoms with E-state index in [1.807, 2.05) is 5.32 Å². The zero-order valence-corrected chi connectivity index (χ0v) is 4.79. The number of carbonyl (C=O) groups excluding carboxylic acids is 2. The molecule has 1 atom stereocenters. The lowest BCUT2D eigenvalue weighted by atomic mass is 10.3. The van der Waals surface area contributed by atoms with E-state index in [0.29, 0.717) is 5.06 Å². The van der Waals surface area contributed by atoms with Gasteiger partial charge in [0.2, 0.25) is 0 Å². The van der Waals surface area contributed by atoms with Crippen molar-refractivity contribution in [2.24, 2.45) is 0 Å². The number of amides is 3. The van der Waals surface area contributed by atoms with Crippen LogP contribution in [0.5, 0.6) is 0 Å². The van der Waals surface area contributed by atoms with E-state index < -0.39 is 18.0 Å². The summed E-state index contributed by atoms with van der Waals surface area (Å²) in [6.45, 7) is 1.43. The molecule has 1 heterocycles. The molecule has 50 valence electrons. The van der Waals surface area contributed by atoms with Crippen LogP contribution in [-0.4, -0.2) is 28.3 Å². The van der Waals surface area contributed by atoms with Crippen molar-refractivity contribution in [3.63, 3.8) is 0 Å². The first kappa shape index (κ1) is 6.03. The second kappa shape index (κ2) is 1.70. The minimum atomic E-state index is -0.757. The first-order valence-corrected chi connectivity index (χ1v) is 2.46. The fraction of sp³-hybridized carbons (Fsp3) is 0.500. The van der Waals surface area contributed by atoms with Crippen molar-refractivity contribution in [1.29, 1.82) is 0 Å². The number of rotatable bonds is 0. The molecule has 1 saturated heterocycles. The van der Waals surface area contributed by atoms with Crippen LogP contribution in [0.15, 0.2) is 0 Å². The van der Waals surface area contributed by atoms with E-state index in [9.17, 15) is 9.59 Å². The summed E-state index contributed by atoms with van der Waals surface area (Å²) in [4.78, 5) is 20.8. The summed E-state index contributed by atoms with van der Waals surface area (Å²) >= 11 is 0. The summed E-state index contributed by atoms with van der Waals surface area (Å²) in [6, 6.07) is -1.51. The van der Waals surface area contributed by atoms with Crippen LogP contribution in [0, 0.1) is 0 Å². The molecule has 0 aliphatic carbocycles. The Morgan fingerprint density at radius 1 is 1.67 bits per heavy atom. The molecule has 5 heteroatoms. The first-order valence-electron chi connectivity index (χ1n) is 2.46. The number of hydrogen-bond donors (Lipinski definition) is 2. The SMILES string of the molecule is CC1C(=O)NC(=O)N1O. The molecular weight excluding hydrogens is 124 g/mol. The standard InChI is InChI=1S/C4H6N2O3/c1-2-3(7)5-4(8)6(2)9/h2,9H,1H3,(H,5,7,8). The zero-order chi connectivity index (χ0) is 7.02. The van der Waals surface area contributed by atoms with E-state index in [2.05, 4.69) is 0 Å². The topological polar surface area (TPSA) is 69.6 Å². The van der Waals surface area contributed by atoms with Crippen LogP contribution in [0.4, 0.5) is 4.79 Å². The minimum Gasteiger partial charge on any atom is -0.284 e. The molecule has 1 aliphatic rings. The van der Waals surface area contributed by atoms with Crippen LogP contribution in [0.3, 0.4) is 0 Å². The number of urea groups is 1. The monoisotopic (exact) mass is 130 g/mol. The second-order valence-electron chi connectivity index (χ2n) is 1.81. The van der Waals surface area contributed by atoms with Gasteiger partial charge in [0.1, 0.15) is 6.04 Å². The maximum absolute atomic E-state index is 10.5. The van der Waals surface area contributed by atoms with Gasteiger partial charge in [-0.1, -0.05) is 0 Å². The van der Waals surface area contributed by atoms with Crippen LogP contribution >= 0.6 is 0 Å². The minimum absolute atomic E-state index is 0.363. The van der Waals surface area contributed by atoms with Gasteiger partial charge in [-0.2, -0.15) is 5.06 Å². The predicted molar refractivity (Wildman–Crippen MR) is 26.6 cm³/mol. The van der Waals surface area contributed by atoms with E-state index in [4.69, 9.17) is 5.21 Å². The number of carbonyl (C=O) groups is 2. The van der Waals surface area contributed by atoms with E-state index in [1.54, 1.807) is 0 Å². The molecular formula is C4H6N2O3. The Morgan fingerprint density at radius 3 is 2.33 bits per heavy atom. The Kier molecular flexibility index (Phi) is 1.14. The van der Waals surface area contributed by atoms with Crippen LogP contribution in [0.2, 0.25) is 0 Å². The molecule has 2 N–H and O–H groups in total. The Bertz CT molecular complexity index is 149. The summed E-state index contributed by atoms with van der Waals surface area (Å²) in [6.07, 6.45) is 0. The van der Waals surface area contributed by atoms with Gasteiger partial charge in [0.25, 0.3) is 5.91 Å². The van der Waals surface area contributed by atoms with Crippen molar-refractivity contribution in [1.82, 2.24) is 10.4 Å². The second-order valence-corrected chi connectivity index (χ2v) is 1.81. The Morgan fingerprint density at radius 2 is 2.22 bits per heavy atom. The molecule has 9 heavy (non-hydrogen) atoms. The fourth-order valence-electron chi connectivity index (χ4n) is 0.554.